The normalized spacial score (nSPS) is 10.9. The number of anilines is 4. The lowest BCUT2D eigenvalue weighted by Gasteiger charge is -2.14. The van der Waals surface area contributed by atoms with E-state index >= 15 is 0 Å². The van der Waals surface area contributed by atoms with Gasteiger partial charge in [-0.3, -0.25) is 0 Å². The molecule has 7 nitrogen and oxygen atoms in total. The van der Waals surface area contributed by atoms with Crippen LogP contribution >= 0.6 is 22.6 Å². The number of rotatable bonds is 4. The van der Waals surface area contributed by atoms with E-state index in [1.54, 1.807) is 0 Å². The van der Waals surface area contributed by atoms with E-state index < -0.39 is 0 Å². The van der Waals surface area contributed by atoms with E-state index in [0.717, 1.165) is 20.5 Å². The molecular formula is C18H15IN6O. The summed E-state index contributed by atoms with van der Waals surface area (Å²) in [6, 6.07) is 14.1. The second kappa shape index (κ2) is 6.87. The summed E-state index contributed by atoms with van der Waals surface area (Å²) in [6.45, 7) is 4.13. The number of nitrogens with one attached hydrogen (secondary N) is 2. The van der Waals surface area contributed by atoms with E-state index in [2.05, 4.69) is 73.4 Å². The quantitative estimate of drug-likeness (QED) is 0.428. The third kappa shape index (κ3) is 3.32. The summed E-state index contributed by atoms with van der Waals surface area (Å²) in [4.78, 5) is 9.01. The average molecular weight is 458 g/mol. The molecule has 130 valence electrons. The molecule has 0 amide bonds. The highest BCUT2D eigenvalue weighted by atomic mass is 127. The minimum atomic E-state index is 0.351. The van der Waals surface area contributed by atoms with Crippen molar-refractivity contribution in [2.45, 2.75) is 13.8 Å². The number of hydrogen-bond donors (Lipinski definition) is 2. The van der Waals surface area contributed by atoms with Gasteiger partial charge >= 0.3 is 0 Å². The van der Waals surface area contributed by atoms with Crippen molar-refractivity contribution in [3.8, 4) is 0 Å². The van der Waals surface area contributed by atoms with Gasteiger partial charge in [0, 0.05) is 14.9 Å². The van der Waals surface area contributed by atoms with Crippen molar-refractivity contribution in [3.05, 3.63) is 57.2 Å². The van der Waals surface area contributed by atoms with Gasteiger partial charge in [0.15, 0.2) is 11.6 Å². The average Bonchev–Trinajstić information content (AvgIpc) is 3.08. The van der Waals surface area contributed by atoms with Crippen LogP contribution in [0.15, 0.2) is 47.1 Å². The van der Waals surface area contributed by atoms with Crippen LogP contribution in [0.1, 0.15) is 11.1 Å². The molecule has 2 aromatic carbocycles. The van der Waals surface area contributed by atoms with Crippen LogP contribution in [0.25, 0.3) is 11.3 Å². The molecule has 0 saturated carbocycles. The molecule has 0 aliphatic carbocycles. The first-order chi connectivity index (χ1) is 12.6. The van der Waals surface area contributed by atoms with Crippen molar-refractivity contribution >= 4 is 56.9 Å². The zero-order valence-electron chi connectivity index (χ0n) is 14.1. The molecule has 2 heterocycles. The van der Waals surface area contributed by atoms with Gasteiger partial charge in [-0.1, -0.05) is 12.1 Å². The van der Waals surface area contributed by atoms with E-state index in [4.69, 9.17) is 4.63 Å². The minimum Gasteiger partial charge on any atom is -0.337 e. The van der Waals surface area contributed by atoms with Gasteiger partial charge in [0.05, 0.1) is 0 Å². The maximum atomic E-state index is 4.75. The molecular weight excluding hydrogens is 443 g/mol. The van der Waals surface area contributed by atoms with E-state index in [1.807, 2.05) is 36.4 Å². The fourth-order valence-electron chi connectivity index (χ4n) is 2.50. The molecule has 2 aromatic heterocycles. The summed E-state index contributed by atoms with van der Waals surface area (Å²) in [5.41, 5.74) is 4.91. The highest BCUT2D eigenvalue weighted by molar-refractivity contribution is 14.1. The van der Waals surface area contributed by atoms with Crippen LogP contribution in [-0.4, -0.2) is 20.3 Å². The lowest BCUT2D eigenvalue weighted by molar-refractivity contribution is 0.314. The Morgan fingerprint density at radius 1 is 0.846 bits per heavy atom. The van der Waals surface area contributed by atoms with E-state index in [9.17, 15) is 0 Å². The van der Waals surface area contributed by atoms with Gasteiger partial charge in [0.2, 0.25) is 11.3 Å². The molecule has 0 radical (unpaired) electrons. The van der Waals surface area contributed by atoms with Gasteiger partial charge in [0.25, 0.3) is 0 Å². The van der Waals surface area contributed by atoms with Crippen molar-refractivity contribution in [1.29, 1.82) is 0 Å². The molecule has 4 aromatic rings. The third-order valence-electron chi connectivity index (χ3n) is 4.08. The molecule has 0 saturated heterocycles. The fraction of sp³-hybridized carbons (Fsp3) is 0.111. The summed E-state index contributed by atoms with van der Waals surface area (Å²) in [5, 5.41) is 14.2. The maximum Gasteiger partial charge on any atom is 0.245 e. The Kier molecular flexibility index (Phi) is 4.41. The molecule has 26 heavy (non-hydrogen) atoms. The zero-order chi connectivity index (χ0) is 18.1. The predicted octanol–water partition coefficient (Wildman–Crippen LogP) is 4.72. The number of hydrogen-bond acceptors (Lipinski definition) is 7. The number of halogens is 1. The molecule has 0 bridgehead atoms. The monoisotopic (exact) mass is 458 g/mol. The van der Waals surface area contributed by atoms with E-state index in [1.165, 1.54) is 5.56 Å². The molecule has 0 aliphatic heterocycles. The number of nitrogens with zero attached hydrogens (tertiary/aromatic N) is 4. The summed E-state index contributed by atoms with van der Waals surface area (Å²) in [5.74, 6) is 1.11. The highest BCUT2D eigenvalue weighted by Crippen LogP contribution is 2.29. The lowest BCUT2D eigenvalue weighted by atomic mass is 10.1. The van der Waals surface area contributed by atoms with Crippen LogP contribution in [-0.2, 0) is 0 Å². The smallest absolute Gasteiger partial charge is 0.245 e. The maximum absolute atomic E-state index is 4.75. The number of aromatic nitrogens is 4. The van der Waals surface area contributed by atoms with Crippen LogP contribution < -0.4 is 10.6 Å². The van der Waals surface area contributed by atoms with E-state index in [-0.39, 0.29) is 0 Å². The summed E-state index contributed by atoms with van der Waals surface area (Å²) < 4.78 is 5.91. The van der Waals surface area contributed by atoms with E-state index in [0.29, 0.717) is 22.9 Å². The number of fused-ring (bicyclic) bond motifs is 1. The standard InChI is InChI=1S/C18H15IN6O/c1-10-4-3-5-14(11(10)2)21-16-15(20-13-8-6-12(19)7-9-13)22-17-18(23-16)25-26-24-17/h3-9H,1-2H3,(H,20,22,24)(H,21,23,25). The topological polar surface area (TPSA) is 88.8 Å². The summed E-state index contributed by atoms with van der Waals surface area (Å²) in [7, 11) is 0. The van der Waals surface area contributed by atoms with Crippen LogP contribution in [0.3, 0.4) is 0 Å². The SMILES string of the molecule is Cc1cccc(Nc2nc3nonc3nc2Nc2ccc(I)cc2)c1C. The Bertz CT molecular complexity index is 1080. The largest absolute Gasteiger partial charge is 0.337 e. The molecule has 0 spiro atoms. The molecule has 0 atom stereocenters. The van der Waals surface area contributed by atoms with Gasteiger partial charge in [-0.15, -0.1) is 0 Å². The second-order valence-corrected chi connectivity index (χ2v) is 7.08. The molecule has 0 unspecified atom stereocenters. The van der Waals surface area contributed by atoms with Crippen LogP contribution in [0.4, 0.5) is 23.0 Å². The molecule has 8 heteroatoms. The van der Waals surface area contributed by atoms with Gasteiger partial charge < -0.3 is 10.6 Å². The van der Waals surface area contributed by atoms with Crippen molar-refractivity contribution in [3.63, 3.8) is 0 Å². The molecule has 0 aliphatic rings. The van der Waals surface area contributed by atoms with Crippen molar-refractivity contribution < 1.29 is 4.63 Å². The highest BCUT2D eigenvalue weighted by Gasteiger charge is 2.14. The predicted molar refractivity (Wildman–Crippen MR) is 109 cm³/mol. The molecule has 2 N–H and O–H groups in total. The van der Waals surface area contributed by atoms with Gasteiger partial charge in [-0.2, -0.15) is 0 Å². The molecule has 4 rings (SSSR count). The first-order valence-corrected chi connectivity index (χ1v) is 9.04. The Morgan fingerprint density at radius 3 is 2.19 bits per heavy atom. The lowest BCUT2D eigenvalue weighted by Crippen LogP contribution is -2.04. The van der Waals surface area contributed by atoms with Gasteiger partial charge in [0.1, 0.15) is 0 Å². The Morgan fingerprint density at radius 2 is 1.50 bits per heavy atom. The first kappa shape index (κ1) is 16.7. The minimum absolute atomic E-state index is 0.351. The van der Waals surface area contributed by atoms with Crippen molar-refractivity contribution in [2.75, 3.05) is 10.6 Å². The Hall–Kier alpha value is -2.75. The summed E-state index contributed by atoms with van der Waals surface area (Å²) >= 11 is 2.27. The van der Waals surface area contributed by atoms with Crippen molar-refractivity contribution in [1.82, 2.24) is 20.3 Å². The van der Waals surface area contributed by atoms with Crippen LogP contribution in [0.2, 0.25) is 0 Å². The zero-order valence-corrected chi connectivity index (χ0v) is 16.3. The summed E-state index contributed by atoms with van der Waals surface area (Å²) in [6.07, 6.45) is 0. The van der Waals surface area contributed by atoms with Crippen LogP contribution in [0, 0.1) is 17.4 Å². The third-order valence-corrected chi connectivity index (χ3v) is 4.80. The Balaban J connectivity index is 1.76. The van der Waals surface area contributed by atoms with Gasteiger partial charge in [-0.25, -0.2) is 14.6 Å². The second-order valence-electron chi connectivity index (χ2n) is 5.84. The van der Waals surface area contributed by atoms with Gasteiger partial charge in [-0.05, 0) is 88.2 Å². The fourth-order valence-corrected chi connectivity index (χ4v) is 2.86. The first-order valence-electron chi connectivity index (χ1n) is 7.96. The Labute approximate surface area is 163 Å². The van der Waals surface area contributed by atoms with Crippen LogP contribution in [0.5, 0.6) is 0 Å². The number of benzene rings is 2. The number of aryl methyl sites for hydroxylation is 1. The molecule has 0 fully saturated rings. The van der Waals surface area contributed by atoms with Crippen molar-refractivity contribution in [2.24, 2.45) is 0 Å².